The van der Waals surface area contributed by atoms with Crippen molar-refractivity contribution in [2.75, 3.05) is 0 Å². The standard InChI is InChI=1S/C24H21NO2/c1-24(2,3)19-13-11-17(12-14-19)22-25-21(23(26)27-22)15-18-9-6-8-16-7-4-5-10-20(16)18/h4-15H,1-3H3/b21-15-. The summed E-state index contributed by atoms with van der Waals surface area (Å²) in [5.74, 6) is -0.0650. The molecule has 1 aliphatic rings. The molecule has 0 aliphatic carbocycles. The summed E-state index contributed by atoms with van der Waals surface area (Å²) >= 11 is 0. The molecule has 0 saturated carbocycles. The van der Waals surface area contributed by atoms with Crippen LogP contribution in [-0.4, -0.2) is 11.9 Å². The summed E-state index contributed by atoms with van der Waals surface area (Å²) in [5, 5.41) is 2.21. The summed E-state index contributed by atoms with van der Waals surface area (Å²) in [6.45, 7) is 6.50. The first-order valence-corrected chi connectivity index (χ1v) is 9.03. The molecule has 27 heavy (non-hydrogen) atoms. The first-order valence-electron chi connectivity index (χ1n) is 9.03. The van der Waals surface area contributed by atoms with Crippen LogP contribution in [0.5, 0.6) is 0 Å². The highest BCUT2D eigenvalue weighted by Crippen LogP contribution is 2.26. The third-order valence-electron chi connectivity index (χ3n) is 4.73. The first-order chi connectivity index (χ1) is 12.9. The number of carbonyl (C=O) groups is 1. The predicted molar refractivity (Wildman–Crippen MR) is 110 cm³/mol. The van der Waals surface area contributed by atoms with Crippen LogP contribution in [0, 0.1) is 0 Å². The van der Waals surface area contributed by atoms with E-state index in [1.54, 1.807) is 6.08 Å². The van der Waals surface area contributed by atoms with Crippen LogP contribution >= 0.6 is 0 Å². The molecule has 0 bridgehead atoms. The number of hydrogen-bond donors (Lipinski definition) is 0. The lowest BCUT2D eigenvalue weighted by Crippen LogP contribution is -2.11. The molecule has 0 radical (unpaired) electrons. The number of hydrogen-bond acceptors (Lipinski definition) is 3. The Balaban J connectivity index is 1.70. The van der Waals surface area contributed by atoms with Crippen molar-refractivity contribution in [3.05, 3.63) is 89.1 Å². The highest BCUT2D eigenvalue weighted by molar-refractivity contribution is 6.13. The predicted octanol–water partition coefficient (Wildman–Crippen LogP) is 5.48. The fourth-order valence-electron chi connectivity index (χ4n) is 3.17. The second-order valence-corrected chi connectivity index (χ2v) is 7.73. The number of esters is 1. The highest BCUT2D eigenvalue weighted by atomic mass is 16.6. The van der Waals surface area contributed by atoms with E-state index >= 15 is 0 Å². The van der Waals surface area contributed by atoms with Crippen molar-refractivity contribution in [2.45, 2.75) is 26.2 Å². The molecule has 0 aromatic heterocycles. The van der Waals surface area contributed by atoms with Gasteiger partial charge in [-0.05, 0) is 45.5 Å². The lowest BCUT2D eigenvalue weighted by atomic mass is 9.87. The van der Waals surface area contributed by atoms with Crippen molar-refractivity contribution >= 4 is 28.7 Å². The minimum atomic E-state index is -0.419. The zero-order valence-electron chi connectivity index (χ0n) is 15.7. The number of benzene rings is 3. The van der Waals surface area contributed by atoms with E-state index in [9.17, 15) is 4.79 Å². The van der Waals surface area contributed by atoms with Crippen LogP contribution in [0.3, 0.4) is 0 Å². The smallest absolute Gasteiger partial charge is 0.363 e. The SMILES string of the molecule is CC(C)(C)c1ccc(C2=N/C(=C\c3cccc4ccccc34)C(=O)O2)cc1. The zero-order valence-corrected chi connectivity index (χ0v) is 15.7. The van der Waals surface area contributed by atoms with Crippen LogP contribution in [0.15, 0.2) is 77.4 Å². The molecule has 4 rings (SSSR count). The highest BCUT2D eigenvalue weighted by Gasteiger charge is 2.24. The average Bonchev–Trinajstić information content (AvgIpc) is 3.02. The molecule has 134 valence electrons. The lowest BCUT2D eigenvalue weighted by molar-refractivity contribution is -0.129. The van der Waals surface area contributed by atoms with Crippen LogP contribution in [0.2, 0.25) is 0 Å². The number of ether oxygens (including phenoxy) is 1. The van der Waals surface area contributed by atoms with Crippen molar-refractivity contribution in [1.29, 1.82) is 0 Å². The lowest BCUT2D eigenvalue weighted by Gasteiger charge is -2.18. The van der Waals surface area contributed by atoms with Gasteiger partial charge in [0.05, 0.1) is 0 Å². The van der Waals surface area contributed by atoms with E-state index in [2.05, 4.69) is 50.0 Å². The number of aliphatic imine (C=N–C) groups is 1. The number of cyclic esters (lactones) is 1. The van der Waals surface area contributed by atoms with Gasteiger partial charge in [-0.1, -0.05) is 75.4 Å². The summed E-state index contributed by atoms with van der Waals surface area (Å²) < 4.78 is 5.41. The number of nitrogens with zero attached hydrogens (tertiary/aromatic N) is 1. The summed E-state index contributed by atoms with van der Waals surface area (Å²) in [4.78, 5) is 16.8. The maximum Gasteiger partial charge on any atom is 0.363 e. The van der Waals surface area contributed by atoms with Gasteiger partial charge in [-0.2, -0.15) is 0 Å². The third kappa shape index (κ3) is 3.41. The van der Waals surface area contributed by atoms with Crippen molar-refractivity contribution in [2.24, 2.45) is 4.99 Å². The van der Waals surface area contributed by atoms with Gasteiger partial charge in [-0.15, -0.1) is 0 Å². The van der Waals surface area contributed by atoms with E-state index in [0.29, 0.717) is 11.6 Å². The molecule has 3 aromatic carbocycles. The Bertz CT molecular complexity index is 1080. The van der Waals surface area contributed by atoms with Crippen molar-refractivity contribution < 1.29 is 9.53 Å². The molecule has 0 N–H and O–H groups in total. The fourth-order valence-corrected chi connectivity index (χ4v) is 3.17. The number of fused-ring (bicyclic) bond motifs is 1. The molecular formula is C24H21NO2. The molecule has 0 saturated heterocycles. The monoisotopic (exact) mass is 355 g/mol. The molecule has 3 aromatic rings. The topological polar surface area (TPSA) is 38.7 Å². The van der Waals surface area contributed by atoms with Gasteiger partial charge in [0.15, 0.2) is 5.70 Å². The van der Waals surface area contributed by atoms with Gasteiger partial charge in [0.1, 0.15) is 0 Å². The van der Waals surface area contributed by atoms with E-state index in [-0.39, 0.29) is 5.41 Å². The Morgan fingerprint density at radius 1 is 0.889 bits per heavy atom. The van der Waals surface area contributed by atoms with Crippen LogP contribution in [-0.2, 0) is 14.9 Å². The Morgan fingerprint density at radius 3 is 2.33 bits per heavy atom. The molecular weight excluding hydrogens is 334 g/mol. The quantitative estimate of drug-likeness (QED) is 0.451. The van der Waals surface area contributed by atoms with Gasteiger partial charge < -0.3 is 4.74 Å². The fraction of sp³-hybridized carbons (Fsp3) is 0.167. The summed E-state index contributed by atoms with van der Waals surface area (Å²) in [6, 6.07) is 22.1. The molecule has 3 heteroatoms. The van der Waals surface area contributed by atoms with Gasteiger partial charge >= 0.3 is 5.97 Å². The van der Waals surface area contributed by atoms with Gasteiger partial charge in [0, 0.05) is 5.56 Å². The van der Waals surface area contributed by atoms with Crippen molar-refractivity contribution in [3.8, 4) is 0 Å². The van der Waals surface area contributed by atoms with Gasteiger partial charge in [0.2, 0.25) is 5.90 Å². The van der Waals surface area contributed by atoms with Crippen LogP contribution in [0.25, 0.3) is 16.8 Å². The van der Waals surface area contributed by atoms with Crippen molar-refractivity contribution in [3.63, 3.8) is 0 Å². The van der Waals surface area contributed by atoms with E-state index in [1.165, 1.54) is 5.56 Å². The number of carbonyl (C=O) groups excluding carboxylic acids is 1. The van der Waals surface area contributed by atoms with E-state index < -0.39 is 5.97 Å². The average molecular weight is 355 g/mol. The third-order valence-corrected chi connectivity index (χ3v) is 4.73. The molecule has 1 heterocycles. The van der Waals surface area contributed by atoms with Gasteiger partial charge in [-0.25, -0.2) is 9.79 Å². The van der Waals surface area contributed by atoms with Crippen LogP contribution in [0.1, 0.15) is 37.5 Å². The molecule has 0 spiro atoms. The first kappa shape index (κ1) is 17.2. The molecule has 3 nitrogen and oxygen atoms in total. The summed E-state index contributed by atoms with van der Waals surface area (Å²) in [5.41, 5.74) is 3.38. The molecule has 0 amide bonds. The van der Waals surface area contributed by atoms with E-state index in [0.717, 1.165) is 21.9 Å². The Kier molecular flexibility index (Phi) is 4.15. The zero-order chi connectivity index (χ0) is 19.0. The Labute approximate surface area is 159 Å². The maximum absolute atomic E-state index is 12.3. The molecule has 0 atom stereocenters. The normalized spacial score (nSPS) is 15.9. The Hall–Kier alpha value is -3.20. The van der Waals surface area contributed by atoms with Gasteiger partial charge in [0.25, 0.3) is 0 Å². The van der Waals surface area contributed by atoms with E-state index in [4.69, 9.17) is 4.74 Å². The molecule has 0 fully saturated rings. The van der Waals surface area contributed by atoms with E-state index in [1.807, 2.05) is 42.5 Å². The van der Waals surface area contributed by atoms with Gasteiger partial charge in [-0.3, -0.25) is 0 Å². The molecule has 0 unspecified atom stereocenters. The minimum absolute atomic E-state index is 0.0755. The minimum Gasteiger partial charge on any atom is -0.402 e. The molecule has 1 aliphatic heterocycles. The largest absolute Gasteiger partial charge is 0.402 e. The van der Waals surface area contributed by atoms with Crippen molar-refractivity contribution in [1.82, 2.24) is 0 Å². The second-order valence-electron chi connectivity index (χ2n) is 7.73. The maximum atomic E-state index is 12.3. The summed E-state index contributed by atoms with van der Waals surface area (Å²) in [6.07, 6.45) is 1.79. The number of rotatable bonds is 2. The van der Waals surface area contributed by atoms with Crippen LogP contribution < -0.4 is 0 Å². The van der Waals surface area contributed by atoms with Crippen LogP contribution in [0.4, 0.5) is 0 Å². The second kappa shape index (κ2) is 6.51. The Morgan fingerprint density at radius 2 is 1.59 bits per heavy atom. The summed E-state index contributed by atoms with van der Waals surface area (Å²) in [7, 11) is 0.